The van der Waals surface area contributed by atoms with E-state index in [2.05, 4.69) is 4.90 Å². The van der Waals surface area contributed by atoms with Crippen molar-refractivity contribution in [3.05, 3.63) is 52.3 Å². The van der Waals surface area contributed by atoms with Crippen LogP contribution in [0.4, 0.5) is 0 Å². The number of benzene rings is 1. The summed E-state index contributed by atoms with van der Waals surface area (Å²) in [6, 6.07) is 6.90. The largest absolute Gasteiger partial charge is 0.497 e. The highest BCUT2D eigenvalue weighted by molar-refractivity contribution is 6.06. The minimum absolute atomic E-state index is 0.104. The van der Waals surface area contributed by atoms with Crippen LogP contribution < -0.4 is 4.74 Å². The van der Waals surface area contributed by atoms with Gasteiger partial charge in [-0.2, -0.15) is 0 Å². The lowest BCUT2D eigenvalue weighted by atomic mass is 10.0. The second kappa shape index (κ2) is 11.3. The van der Waals surface area contributed by atoms with Crippen molar-refractivity contribution >= 4 is 17.7 Å². The highest BCUT2D eigenvalue weighted by Gasteiger charge is 2.28. The molecule has 0 aliphatic carbocycles. The highest BCUT2D eigenvalue weighted by Crippen LogP contribution is 2.23. The Kier molecular flexibility index (Phi) is 8.46. The first-order chi connectivity index (χ1) is 16.3. The zero-order valence-corrected chi connectivity index (χ0v) is 20.6. The summed E-state index contributed by atoms with van der Waals surface area (Å²) in [5.41, 5.74) is 2.44. The third-order valence-corrected chi connectivity index (χ3v) is 6.32. The first-order valence-electron chi connectivity index (χ1n) is 11.3. The first-order valence-corrected chi connectivity index (χ1v) is 11.3. The van der Waals surface area contributed by atoms with Gasteiger partial charge in [0.2, 0.25) is 0 Å². The van der Waals surface area contributed by atoms with Crippen LogP contribution in [0.2, 0.25) is 0 Å². The molecule has 1 aromatic heterocycles. The van der Waals surface area contributed by atoms with Gasteiger partial charge < -0.3 is 23.7 Å². The quantitative estimate of drug-likeness (QED) is 0.409. The fourth-order valence-corrected chi connectivity index (χ4v) is 4.30. The summed E-state index contributed by atoms with van der Waals surface area (Å²) < 4.78 is 17.2. The topological polar surface area (TPSA) is 90.3 Å². The van der Waals surface area contributed by atoms with Crippen molar-refractivity contribution < 1.29 is 28.6 Å². The van der Waals surface area contributed by atoms with Crippen molar-refractivity contribution in [3.63, 3.8) is 0 Å². The molecule has 1 aliphatic rings. The number of ketones is 1. The van der Waals surface area contributed by atoms with Gasteiger partial charge in [0.05, 0.1) is 34.0 Å². The van der Waals surface area contributed by atoms with Crippen molar-refractivity contribution in [2.24, 2.45) is 7.05 Å². The SMILES string of the molecule is COC(=O)c1c(C)c(C(=O)CN(CCN2CCOCC2)C(=O)c2cccc(OC)c2)c(C)n1C. The number of carbonyl (C=O) groups excluding carboxylic acids is 3. The van der Waals surface area contributed by atoms with Gasteiger partial charge in [0.1, 0.15) is 11.4 Å². The Morgan fingerprint density at radius 1 is 1.12 bits per heavy atom. The molecular formula is C25H33N3O6. The number of nitrogens with zero attached hydrogens (tertiary/aromatic N) is 3. The number of amides is 1. The first kappa shape index (κ1) is 25.5. The van der Waals surface area contributed by atoms with Crippen LogP contribution in [-0.4, -0.2) is 92.2 Å². The fourth-order valence-electron chi connectivity index (χ4n) is 4.30. The normalized spacial score (nSPS) is 14.0. The maximum atomic E-state index is 13.5. The molecule has 0 bridgehead atoms. The average molecular weight is 472 g/mol. The Balaban J connectivity index is 1.87. The van der Waals surface area contributed by atoms with E-state index in [9.17, 15) is 14.4 Å². The van der Waals surface area contributed by atoms with Crippen LogP contribution in [0.15, 0.2) is 24.3 Å². The standard InChI is InChI=1S/C25H33N3O6/c1-17-22(18(2)26(3)23(17)25(31)33-5)21(29)16-28(10-9-27-11-13-34-14-12-27)24(30)19-7-6-8-20(15-19)32-4/h6-8,15H,9-14,16H2,1-5H3. The van der Waals surface area contributed by atoms with Crippen LogP contribution in [-0.2, 0) is 16.5 Å². The molecule has 0 saturated carbocycles. The Hall–Kier alpha value is -3.17. The molecule has 1 saturated heterocycles. The summed E-state index contributed by atoms with van der Waals surface area (Å²) in [6.45, 7) is 7.31. The van der Waals surface area contributed by atoms with Crippen molar-refractivity contribution in [1.82, 2.24) is 14.4 Å². The smallest absolute Gasteiger partial charge is 0.354 e. The van der Waals surface area contributed by atoms with Crippen LogP contribution >= 0.6 is 0 Å². The molecule has 2 aromatic rings. The second-order valence-corrected chi connectivity index (χ2v) is 8.32. The van der Waals surface area contributed by atoms with Gasteiger partial charge in [-0.05, 0) is 37.6 Å². The molecule has 184 valence electrons. The Labute approximate surface area is 200 Å². The second-order valence-electron chi connectivity index (χ2n) is 8.32. The van der Waals surface area contributed by atoms with Gasteiger partial charge >= 0.3 is 5.97 Å². The fraction of sp³-hybridized carbons (Fsp3) is 0.480. The number of morpholine rings is 1. The van der Waals surface area contributed by atoms with Crippen molar-refractivity contribution in [1.29, 1.82) is 0 Å². The van der Waals surface area contributed by atoms with Gasteiger partial charge in [0.15, 0.2) is 5.78 Å². The lowest BCUT2D eigenvalue weighted by molar-refractivity contribution is 0.0323. The number of hydrogen-bond donors (Lipinski definition) is 0. The summed E-state index contributed by atoms with van der Waals surface area (Å²) in [6.07, 6.45) is 0. The average Bonchev–Trinajstić information content (AvgIpc) is 3.09. The van der Waals surface area contributed by atoms with Crippen LogP contribution in [0.3, 0.4) is 0 Å². The van der Waals surface area contributed by atoms with Gasteiger partial charge in [-0.1, -0.05) is 6.07 Å². The predicted molar refractivity (Wildman–Crippen MR) is 127 cm³/mol. The molecular weight excluding hydrogens is 438 g/mol. The summed E-state index contributed by atoms with van der Waals surface area (Å²) in [4.78, 5) is 42.9. The molecule has 1 amide bonds. The minimum Gasteiger partial charge on any atom is -0.497 e. The summed E-state index contributed by atoms with van der Waals surface area (Å²) >= 11 is 0. The molecule has 0 radical (unpaired) electrons. The molecule has 1 fully saturated rings. The Bertz CT molecular complexity index is 1060. The molecule has 0 atom stereocenters. The third-order valence-electron chi connectivity index (χ3n) is 6.32. The Morgan fingerprint density at radius 2 is 1.82 bits per heavy atom. The zero-order chi connectivity index (χ0) is 24.8. The molecule has 1 aromatic carbocycles. The molecule has 9 nitrogen and oxygen atoms in total. The highest BCUT2D eigenvalue weighted by atomic mass is 16.5. The summed E-state index contributed by atoms with van der Waals surface area (Å²) in [5.74, 6) is -0.402. The maximum absolute atomic E-state index is 13.5. The van der Waals surface area contributed by atoms with Gasteiger partial charge in [0, 0.05) is 50.0 Å². The van der Waals surface area contributed by atoms with E-state index in [4.69, 9.17) is 14.2 Å². The van der Waals surface area contributed by atoms with E-state index in [0.717, 1.165) is 13.1 Å². The number of carbonyl (C=O) groups is 3. The van der Waals surface area contributed by atoms with Gasteiger partial charge in [-0.15, -0.1) is 0 Å². The molecule has 0 N–H and O–H groups in total. The number of methoxy groups -OCH3 is 2. The van der Waals surface area contributed by atoms with E-state index in [0.29, 0.717) is 60.1 Å². The monoisotopic (exact) mass is 471 g/mol. The summed E-state index contributed by atoms with van der Waals surface area (Å²) in [5, 5.41) is 0. The summed E-state index contributed by atoms with van der Waals surface area (Å²) in [7, 11) is 4.58. The molecule has 34 heavy (non-hydrogen) atoms. The van der Waals surface area contributed by atoms with Crippen LogP contribution in [0.1, 0.15) is 42.5 Å². The molecule has 9 heteroatoms. The van der Waals surface area contributed by atoms with E-state index >= 15 is 0 Å². The molecule has 0 spiro atoms. The minimum atomic E-state index is -0.501. The van der Waals surface area contributed by atoms with E-state index in [1.54, 1.807) is 61.7 Å². The van der Waals surface area contributed by atoms with Crippen molar-refractivity contribution in [2.75, 3.05) is 60.2 Å². The predicted octanol–water partition coefficient (Wildman–Crippen LogP) is 2.09. The maximum Gasteiger partial charge on any atom is 0.354 e. The van der Waals surface area contributed by atoms with Crippen molar-refractivity contribution in [3.8, 4) is 5.75 Å². The van der Waals surface area contributed by atoms with E-state index in [-0.39, 0.29) is 18.2 Å². The molecule has 1 aliphatic heterocycles. The van der Waals surface area contributed by atoms with E-state index in [1.165, 1.54) is 7.11 Å². The lowest BCUT2D eigenvalue weighted by Gasteiger charge is -2.30. The van der Waals surface area contributed by atoms with Gasteiger partial charge in [-0.3, -0.25) is 14.5 Å². The van der Waals surface area contributed by atoms with Crippen LogP contribution in [0.5, 0.6) is 5.75 Å². The number of aromatic nitrogens is 1. The number of hydrogen-bond acceptors (Lipinski definition) is 7. The third kappa shape index (κ3) is 5.48. The Morgan fingerprint density at radius 3 is 2.47 bits per heavy atom. The van der Waals surface area contributed by atoms with Crippen molar-refractivity contribution in [2.45, 2.75) is 13.8 Å². The van der Waals surface area contributed by atoms with E-state index < -0.39 is 5.97 Å². The molecule has 0 unspecified atom stereocenters. The number of ether oxygens (including phenoxy) is 3. The number of rotatable bonds is 9. The molecule has 3 rings (SSSR count). The van der Waals surface area contributed by atoms with E-state index in [1.807, 2.05) is 0 Å². The van der Waals surface area contributed by atoms with Gasteiger partial charge in [0.25, 0.3) is 5.91 Å². The molecule has 2 heterocycles. The lowest BCUT2D eigenvalue weighted by Crippen LogP contribution is -2.44. The van der Waals surface area contributed by atoms with Crippen LogP contribution in [0.25, 0.3) is 0 Å². The number of Topliss-reactive ketones (excluding diaryl/α,β-unsaturated/α-hetero) is 1. The van der Waals surface area contributed by atoms with Gasteiger partial charge in [-0.25, -0.2) is 4.79 Å². The van der Waals surface area contributed by atoms with Crippen LogP contribution in [0, 0.1) is 13.8 Å². The number of esters is 1. The zero-order valence-electron chi connectivity index (χ0n) is 20.6.